The van der Waals surface area contributed by atoms with E-state index in [-0.39, 0.29) is 5.91 Å². The van der Waals surface area contributed by atoms with E-state index < -0.39 is 0 Å². The quantitative estimate of drug-likeness (QED) is 0.750. The average molecular weight is 380 g/mol. The third-order valence-electron chi connectivity index (χ3n) is 3.10. The molecule has 0 heterocycles. The maximum atomic E-state index is 12.4. The first-order valence-corrected chi connectivity index (χ1v) is 8.99. The van der Waals surface area contributed by atoms with Crippen molar-refractivity contribution in [3.05, 3.63) is 58.1 Å². The number of rotatable bonds is 6. The molecule has 5 heteroatoms. The fourth-order valence-corrected chi connectivity index (χ4v) is 2.75. The average Bonchev–Trinajstić information content (AvgIpc) is 2.55. The summed E-state index contributed by atoms with van der Waals surface area (Å²) < 4.78 is 6.36. The van der Waals surface area contributed by atoms with Crippen LogP contribution < -0.4 is 10.1 Å². The van der Waals surface area contributed by atoms with Crippen molar-refractivity contribution in [1.29, 1.82) is 0 Å². The van der Waals surface area contributed by atoms with Gasteiger partial charge in [-0.3, -0.25) is 4.79 Å². The molecule has 1 amide bonds. The molecule has 0 saturated heterocycles. The topological polar surface area (TPSA) is 38.3 Å². The zero-order chi connectivity index (χ0) is 15.9. The van der Waals surface area contributed by atoms with Gasteiger partial charge in [-0.05, 0) is 49.1 Å². The van der Waals surface area contributed by atoms with Gasteiger partial charge in [0.25, 0.3) is 5.91 Å². The lowest BCUT2D eigenvalue weighted by molar-refractivity contribution is 0.0947. The van der Waals surface area contributed by atoms with Crippen LogP contribution in [-0.2, 0) is 6.54 Å². The van der Waals surface area contributed by atoms with E-state index in [1.807, 2.05) is 31.4 Å². The van der Waals surface area contributed by atoms with Gasteiger partial charge in [-0.15, -0.1) is 11.8 Å². The highest BCUT2D eigenvalue weighted by atomic mass is 79.9. The molecule has 2 aromatic carbocycles. The van der Waals surface area contributed by atoms with Gasteiger partial charge in [-0.1, -0.05) is 28.1 Å². The lowest BCUT2D eigenvalue weighted by Gasteiger charge is -2.11. The molecule has 22 heavy (non-hydrogen) atoms. The van der Waals surface area contributed by atoms with Gasteiger partial charge in [0.15, 0.2) is 0 Å². The van der Waals surface area contributed by atoms with Crippen molar-refractivity contribution < 1.29 is 9.53 Å². The van der Waals surface area contributed by atoms with Gasteiger partial charge in [0.1, 0.15) is 5.75 Å². The van der Waals surface area contributed by atoms with E-state index in [9.17, 15) is 4.79 Å². The Hall–Kier alpha value is -1.46. The molecule has 0 unspecified atom stereocenters. The minimum atomic E-state index is -0.140. The van der Waals surface area contributed by atoms with Gasteiger partial charge >= 0.3 is 0 Å². The van der Waals surface area contributed by atoms with Crippen LogP contribution in [0.3, 0.4) is 0 Å². The molecule has 0 bridgehead atoms. The molecule has 0 aliphatic carbocycles. The summed E-state index contributed by atoms with van der Waals surface area (Å²) in [5.74, 6) is 0.458. The van der Waals surface area contributed by atoms with E-state index >= 15 is 0 Å². The number of carbonyl (C=O) groups is 1. The number of thioether (sulfide) groups is 1. The van der Waals surface area contributed by atoms with E-state index in [2.05, 4.69) is 33.4 Å². The summed E-state index contributed by atoms with van der Waals surface area (Å²) >= 11 is 5.09. The lowest BCUT2D eigenvalue weighted by Crippen LogP contribution is -2.23. The van der Waals surface area contributed by atoms with Crippen molar-refractivity contribution in [2.45, 2.75) is 18.4 Å². The Labute approximate surface area is 143 Å². The number of hydrogen-bond donors (Lipinski definition) is 1. The SMILES string of the molecule is CCOc1ccc(Br)cc1C(=O)NCc1ccc(SC)cc1. The van der Waals surface area contributed by atoms with Gasteiger partial charge in [-0.25, -0.2) is 0 Å². The largest absolute Gasteiger partial charge is 0.493 e. The Kier molecular flexibility index (Phi) is 6.34. The lowest BCUT2D eigenvalue weighted by atomic mass is 10.1. The van der Waals surface area contributed by atoms with Gasteiger partial charge in [0.05, 0.1) is 12.2 Å². The summed E-state index contributed by atoms with van der Waals surface area (Å²) in [6.07, 6.45) is 2.04. The zero-order valence-electron chi connectivity index (χ0n) is 12.6. The Balaban J connectivity index is 2.06. The van der Waals surface area contributed by atoms with Gasteiger partial charge in [-0.2, -0.15) is 0 Å². The predicted octanol–water partition coefficient (Wildman–Crippen LogP) is 4.50. The number of nitrogens with one attached hydrogen (secondary N) is 1. The summed E-state index contributed by atoms with van der Waals surface area (Å²) in [4.78, 5) is 13.6. The molecule has 2 rings (SSSR count). The molecule has 116 valence electrons. The highest BCUT2D eigenvalue weighted by Gasteiger charge is 2.13. The fraction of sp³-hybridized carbons (Fsp3) is 0.235. The number of amides is 1. The highest BCUT2D eigenvalue weighted by Crippen LogP contribution is 2.23. The van der Waals surface area contributed by atoms with E-state index in [1.165, 1.54) is 4.90 Å². The first-order chi connectivity index (χ1) is 10.6. The van der Waals surface area contributed by atoms with Gasteiger partial charge < -0.3 is 10.1 Å². The zero-order valence-corrected chi connectivity index (χ0v) is 15.0. The summed E-state index contributed by atoms with van der Waals surface area (Å²) in [5.41, 5.74) is 1.61. The maximum absolute atomic E-state index is 12.4. The molecule has 0 saturated carbocycles. The molecule has 1 N–H and O–H groups in total. The van der Waals surface area contributed by atoms with Crippen LogP contribution in [0.4, 0.5) is 0 Å². The van der Waals surface area contributed by atoms with E-state index in [0.29, 0.717) is 24.5 Å². The van der Waals surface area contributed by atoms with E-state index in [1.54, 1.807) is 23.9 Å². The van der Waals surface area contributed by atoms with Crippen LogP contribution >= 0.6 is 27.7 Å². The van der Waals surface area contributed by atoms with Crippen LogP contribution in [0, 0.1) is 0 Å². The van der Waals surface area contributed by atoms with Crippen LogP contribution in [0.5, 0.6) is 5.75 Å². The second kappa shape index (κ2) is 8.25. The van der Waals surface area contributed by atoms with Crippen LogP contribution in [-0.4, -0.2) is 18.8 Å². The number of benzene rings is 2. The van der Waals surface area contributed by atoms with E-state index in [0.717, 1.165) is 10.0 Å². The first-order valence-electron chi connectivity index (χ1n) is 6.97. The fourth-order valence-electron chi connectivity index (χ4n) is 1.98. The summed E-state index contributed by atoms with van der Waals surface area (Å²) in [6, 6.07) is 13.6. The smallest absolute Gasteiger partial charge is 0.255 e. The highest BCUT2D eigenvalue weighted by molar-refractivity contribution is 9.10. The second-order valence-corrected chi connectivity index (χ2v) is 6.40. The molecule has 3 nitrogen and oxygen atoms in total. The van der Waals surface area contributed by atoms with Crippen molar-refractivity contribution in [3.8, 4) is 5.75 Å². The number of hydrogen-bond acceptors (Lipinski definition) is 3. The minimum Gasteiger partial charge on any atom is -0.493 e. The summed E-state index contributed by atoms with van der Waals surface area (Å²) in [7, 11) is 0. The standard InChI is InChI=1S/C17H18BrNO2S/c1-3-21-16-9-6-13(18)10-15(16)17(20)19-11-12-4-7-14(22-2)8-5-12/h4-10H,3,11H2,1-2H3,(H,19,20). The molecule has 0 radical (unpaired) electrons. The van der Waals surface area contributed by atoms with Crippen molar-refractivity contribution in [2.75, 3.05) is 12.9 Å². The monoisotopic (exact) mass is 379 g/mol. The Morgan fingerprint density at radius 2 is 1.95 bits per heavy atom. The van der Waals surface area contributed by atoms with Gasteiger partial charge in [0.2, 0.25) is 0 Å². The third kappa shape index (κ3) is 4.52. The van der Waals surface area contributed by atoms with Crippen molar-refractivity contribution in [3.63, 3.8) is 0 Å². The summed E-state index contributed by atoms with van der Waals surface area (Å²) in [6.45, 7) is 2.92. The molecule has 2 aromatic rings. The van der Waals surface area contributed by atoms with Crippen molar-refractivity contribution in [1.82, 2.24) is 5.32 Å². The summed E-state index contributed by atoms with van der Waals surface area (Å²) in [5, 5.41) is 2.93. The maximum Gasteiger partial charge on any atom is 0.255 e. The van der Waals surface area contributed by atoms with Crippen LogP contribution in [0.1, 0.15) is 22.8 Å². The van der Waals surface area contributed by atoms with Crippen molar-refractivity contribution >= 4 is 33.6 Å². The number of ether oxygens (including phenoxy) is 1. The Bertz CT molecular complexity index is 644. The Morgan fingerprint density at radius 3 is 2.59 bits per heavy atom. The molecular weight excluding hydrogens is 362 g/mol. The van der Waals surface area contributed by atoms with Crippen LogP contribution in [0.2, 0.25) is 0 Å². The van der Waals surface area contributed by atoms with Gasteiger partial charge in [0, 0.05) is 15.9 Å². The third-order valence-corrected chi connectivity index (χ3v) is 4.34. The normalized spacial score (nSPS) is 10.3. The minimum absolute atomic E-state index is 0.140. The number of carbonyl (C=O) groups excluding carboxylic acids is 1. The molecule has 0 aliphatic rings. The van der Waals surface area contributed by atoms with E-state index in [4.69, 9.17) is 4.74 Å². The molecule has 0 aromatic heterocycles. The van der Waals surface area contributed by atoms with Crippen LogP contribution in [0.15, 0.2) is 51.8 Å². The van der Waals surface area contributed by atoms with Crippen LogP contribution in [0.25, 0.3) is 0 Å². The number of halogens is 1. The predicted molar refractivity (Wildman–Crippen MR) is 94.7 cm³/mol. The molecule has 0 atom stereocenters. The second-order valence-electron chi connectivity index (χ2n) is 4.60. The Morgan fingerprint density at radius 1 is 1.23 bits per heavy atom. The molecule has 0 fully saturated rings. The molecule has 0 aliphatic heterocycles. The molecular formula is C17H18BrNO2S. The molecule has 0 spiro atoms. The van der Waals surface area contributed by atoms with Crippen molar-refractivity contribution in [2.24, 2.45) is 0 Å². The first kappa shape index (κ1) is 16.9.